The molecule has 0 aliphatic heterocycles. The predicted octanol–water partition coefficient (Wildman–Crippen LogP) is 3.62. The lowest BCUT2D eigenvalue weighted by Crippen LogP contribution is -2.15. The van der Waals surface area contributed by atoms with E-state index in [4.69, 9.17) is 17.3 Å². The zero-order chi connectivity index (χ0) is 14.9. The highest BCUT2D eigenvalue weighted by atomic mass is 79.9. The first-order valence-corrected chi connectivity index (χ1v) is 7.98. The number of halogens is 3. The Kier molecular flexibility index (Phi) is 4.22. The van der Waals surface area contributed by atoms with Crippen LogP contribution in [-0.2, 0) is 10.0 Å². The largest absolute Gasteiger partial charge is 0.398 e. The normalized spacial score (nSPS) is 11.3. The molecule has 0 bridgehead atoms. The summed E-state index contributed by atoms with van der Waals surface area (Å²) in [5.41, 5.74) is 5.98. The fourth-order valence-electron chi connectivity index (χ4n) is 1.48. The van der Waals surface area contributed by atoms with Gasteiger partial charge in [-0.1, -0.05) is 11.6 Å². The van der Waals surface area contributed by atoms with E-state index in [2.05, 4.69) is 20.7 Å². The van der Waals surface area contributed by atoms with Crippen LogP contribution in [0.1, 0.15) is 0 Å². The molecule has 2 rings (SSSR count). The van der Waals surface area contributed by atoms with Gasteiger partial charge in [0.2, 0.25) is 0 Å². The van der Waals surface area contributed by atoms with Crippen LogP contribution in [0.25, 0.3) is 0 Å². The van der Waals surface area contributed by atoms with E-state index in [-0.39, 0.29) is 11.4 Å². The van der Waals surface area contributed by atoms with Crippen LogP contribution in [-0.4, -0.2) is 8.42 Å². The minimum absolute atomic E-state index is 0.128. The van der Waals surface area contributed by atoms with E-state index in [1.807, 2.05) is 0 Å². The first-order chi connectivity index (χ1) is 9.29. The molecule has 4 nitrogen and oxygen atoms in total. The summed E-state index contributed by atoms with van der Waals surface area (Å²) in [5, 5.41) is 0.465. The molecule has 106 valence electrons. The fraction of sp³-hybridized carbons (Fsp3) is 0. The number of sulfonamides is 1. The molecule has 0 unspecified atom stereocenters. The molecule has 3 N–H and O–H groups in total. The predicted molar refractivity (Wildman–Crippen MR) is 80.8 cm³/mol. The Bertz CT molecular complexity index is 751. The monoisotopic (exact) mass is 378 g/mol. The molecule has 0 aromatic heterocycles. The number of hydrogen-bond acceptors (Lipinski definition) is 3. The second-order valence-electron chi connectivity index (χ2n) is 3.92. The quantitative estimate of drug-likeness (QED) is 0.800. The zero-order valence-corrected chi connectivity index (χ0v) is 13.1. The van der Waals surface area contributed by atoms with Crippen molar-refractivity contribution in [2.75, 3.05) is 10.5 Å². The molecular formula is C12H9BrClFN2O2S. The number of nitrogen functional groups attached to an aromatic ring is 1. The third-order valence-corrected chi connectivity index (χ3v) is 4.77. The second-order valence-corrected chi connectivity index (χ2v) is 6.86. The van der Waals surface area contributed by atoms with E-state index in [0.717, 1.165) is 12.1 Å². The van der Waals surface area contributed by atoms with Gasteiger partial charge in [0.1, 0.15) is 10.7 Å². The molecular weight excluding hydrogens is 371 g/mol. The van der Waals surface area contributed by atoms with Gasteiger partial charge in [0.05, 0.1) is 0 Å². The van der Waals surface area contributed by atoms with Crippen LogP contribution in [0, 0.1) is 5.82 Å². The van der Waals surface area contributed by atoms with Crippen LogP contribution < -0.4 is 10.5 Å². The fourth-order valence-corrected chi connectivity index (χ4v) is 3.07. The number of rotatable bonds is 3. The number of anilines is 2. The first-order valence-electron chi connectivity index (χ1n) is 5.32. The lowest BCUT2D eigenvalue weighted by Gasteiger charge is -2.10. The van der Waals surface area contributed by atoms with E-state index in [1.54, 1.807) is 0 Å². The minimum Gasteiger partial charge on any atom is -0.398 e. The van der Waals surface area contributed by atoms with Crippen LogP contribution in [0.4, 0.5) is 15.8 Å². The minimum atomic E-state index is -4.07. The summed E-state index contributed by atoms with van der Waals surface area (Å²) in [5.74, 6) is -0.896. The summed E-state index contributed by atoms with van der Waals surface area (Å²) in [4.78, 5) is -0.520. The van der Waals surface area contributed by atoms with Crippen LogP contribution in [0.15, 0.2) is 45.8 Å². The van der Waals surface area contributed by atoms with Gasteiger partial charge in [0.15, 0.2) is 0 Å². The highest BCUT2D eigenvalue weighted by Crippen LogP contribution is 2.27. The van der Waals surface area contributed by atoms with E-state index in [1.165, 1.54) is 24.3 Å². The Labute approximate surface area is 128 Å². The summed E-state index contributed by atoms with van der Waals surface area (Å²) in [6.07, 6.45) is 0. The second kappa shape index (κ2) is 5.59. The lowest BCUT2D eigenvalue weighted by molar-refractivity contribution is 0.570. The molecule has 8 heteroatoms. The molecule has 0 saturated heterocycles. The summed E-state index contributed by atoms with van der Waals surface area (Å²) < 4.78 is 40.5. The average molecular weight is 380 g/mol. The SMILES string of the molecule is Nc1cc(S(=O)(=O)Nc2ccc(Cl)cc2)c(F)cc1Br. The number of nitrogens with two attached hydrogens (primary N) is 1. The van der Waals surface area contributed by atoms with Gasteiger partial charge in [-0.2, -0.15) is 0 Å². The Morgan fingerprint density at radius 1 is 1.20 bits per heavy atom. The topological polar surface area (TPSA) is 72.2 Å². The van der Waals surface area contributed by atoms with Crippen LogP contribution >= 0.6 is 27.5 Å². The van der Waals surface area contributed by atoms with E-state index < -0.39 is 20.7 Å². The molecule has 0 radical (unpaired) electrons. The maximum Gasteiger partial charge on any atom is 0.264 e. The van der Waals surface area contributed by atoms with Crippen molar-refractivity contribution in [1.82, 2.24) is 0 Å². The molecule has 2 aromatic rings. The Balaban J connectivity index is 2.40. The van der Waals surface area contributed by atoms with Crippen molar-refractivity contribution in [2.24, 2.45) is 0 Å². The Morgan fingerprint density at radius 2 is 1.80 bits per heavy atom. The molecule has 0 saturated carbocycles. The van der Waals surface area contributed by atoms with Gasteiger partial charge < -0.3 is 5.73 Å². The Morgan fingerprint density at radius 3 is 2.40 bits per heavy atom. The molecule has 0 aliphatic carbocycles. The van der Waals surface area contributed by atoms with Crippen LogP contribution in [0.3, 0.4) is 0 Å². The van der Waals surface area contributed by atoms with Gasteiger partial charge in [-0.25, -0.2) is 12.8 Å². The van der Waals surface area contributed by atoms with Crippen molar-refractivity contribution in [1.29, 1.82) is 0 Å². The summed E-state index contributed by atoms with van der Waals surface area (Å²) in [6.45, 7) is 0. The smallest absolute Gasteiger partial charge is 0.264 e. The Hall–Kier alpha value is -1.31. The third-order valence-electron chi connectivity index (χ3n) is 2.44. The summed E-state index contributed by atoms with van der Waals surface area (Å²) >= 11 is 8.73. The average Bonchev–Trinajstić information content (AvgIpc) is 2.36. The van der Waals surface area contributed by atoms with Crippen molar-refractivity contribution in [2.45, 2.75) is 4.90 Å². The van der Waals surface area contributed by atoms with Gasteiger partial charge in [0.25, 0.3) is 10.0 Å². The molecule has 20 heavy (non-hydrogen) atoms. The number of nitrogens with one attached hydrogen (secondary N) is 1. The van der Waals surface area contributed by atoms with Gasteiger partial charge in [-0.3, -0.25) is 4.72 Å². The first kappa shape index (κ1) is 15.1. The van der Waals surface area contributed by atoms with Crippen molar-refractivity contribution >= 4 is 48.9 Å². The third kappa shape index (κ3) is 3.23. The van der Waals surface area contributed by atoms with Crippen molar-refractivity contribution < 1.29 is 12.8 Å². The molecule has 0 atom stereocenters. The molecule has 0 fully saturated rings. The van der Waals surface area contributed by atoms with Gasteiger partial charge >= 0.3 is 0 Å². The standard InChI is InChI=1S/C12H9BrClFN2O2S/c13-9-5-10(15)12(6-11(9)16)20(18,19)17-8-3-1-7(14)2-4-8/h1-6,17H,16H2. The zero-order valence-electron chi connectivity index (χ0n) is 9.90. The summed E-state index contributed by atoms with van der Waals surface area (Å²) in [7, 11) is -4.07. The molecule has 0 amide bonds. The van der Waals surface area contributed by atoms with E-state index in [9.17, 15) is 12.8 Å². The summed E-state index contributed by atoms with van der Waals surface area (Å²) in [6, 6.07) is 8.04. The lowest BCUT2D eigenvalue weighted by atomic mass is 10.3. The van der Waals surface area contributed by atoms with Crippen LogP contribution in [0.2, 0.25) is 5.02 Å². The molecule has 0 aliphatic rings. The van der Waals surface area contributed by atoms with Crippen molar-refractivity contribution in [3.8, 4) is 0 Å². The highest BCUT2D eigenvalue weighted by Gasteiger charge is 2.20. The van der Waals surface area contributed by atoms with Gasteiger partial charge in [-0.15, -0.1) is 0 Å². The van der Waals surface area contributed by atoms with E-state index >= 15 is 0 Å². The van der Waals surface area contributed by atoms with E-state index in [0.29, 0.717) is 9.50 Å². The van der Waals surface area contributed by atoms with Crippen molar-refractivity contribution in [3.05, 3.63) is 51.7 Å². The van der Waals surface area contributed by atoms with Gasteiger partial charge in [0, 0.05) is 20.9 Å². The number of benzene rings is 2. The maximum atomic E-state index is 13.8. The molecule has 0 spiro atoms. The number of hydrogen-bond donors (Lipinski definition) is 2. The molecule has 2 aromatic carbocycles. The molecule has 0 heterocycles. The highest BCUT2D eigenvalue weighted by molar-refractivity contribution is 9.10. The maximum absolute atomic E-state index is 13.8. The van der Waals surface area contributed by atoms with Crippen molar-refractivity contribution in [3.63, 3.8) is 0 Å². The van der Waals surface area contributed by atoms with Crippen LogP contribution in [0.5, 0.6) is 0 Å². The van der Waals surface area contributed by atoms with Gasteiger partial charge in [-0.05, 0) is 52.3 Å².